The first-order valence-corrected chi connectivity index (χ1v) is 13.2. The van der Waals surface area contributed by atoms with Gasteiger partial charge in [0.15, 0.2) is 0 Å². The minimum Gasteiger partial charge on any atom is -0.352 e. The molecule has 0 fully saturated rings. The van der Waals surface area contributed by atoms with E-state index >= 15 is 0 Å². The highest BCUT2D eigenvalue weighted by Gasteiger charge is 2.31. The van der Waals surface area contributed by atoms with E-state index in [-0.39, 0.29) is 23.4 Å². The molecule has 8 heteroatoms. The van der Waals surface area contributed by atoms with Crippen LogP contribution in [0.25, 0.3) is 0 Å². The minimum absolute atomic E-state index is 0.0165. The Kier molecular flexibility index (Phi) is 10.3. The van der Waals surface area contributed by atoms with E-state index in [1.807, 2.05) is 58.0 Å². The van der Waals surface area contributed by atoms with Crippen LogP contribution in [0.5, 0.6) is 0 Å². The van der Waals surface area contributed by atoms with Crippen LogP contribution in [0.4, 0.5) is 0 Å². The summed E-state index contributed by atoms with van der Waals surface area (Å²) >= 11 is 0. The van der Waals surface area contributed by atoms with Gasteiger partial charge in [-0.25, -0.2) is 8.42 Å². The molecular weight excluding hydrogens is 450 g/mol. The molecule has 0 aliphatic heterocycles. The number of likely N-dealkylation sites (N-methyl/N-ethyl adjacent to an activating group) is 1. The highest BCUT2D eigenvalue weighted by molar-refractivity contribution is 7.89. The fourth-order valence-corrected chi connectivity index (χ4v) is 4.71. The Bertz CT molecular complexity index is 1040. The molecule has 1 N–H and O–H groups in total. The van der Waals surface area contributed by atoms with Crippen LogP contribution in [-0.2, 0) is 26.0 Å². The molecule has 0 radical (unpaired) electrons. The van der Waals surface area contributed by atoms with Crippen LogP contribution in [-0.4, -0.2) is 61.7 Å². The number of hydrogen-bond donors (Lipinski definition) is 1. The molecule has 186 valence electrons. The van der Waals surface area contributed by atoms with Gasteiger partial charge in [-0.15, -0.1) is 0 Å². The van der Waals surface area contributed by atoms with Crippen molar-refractivity contribution >= 4 is 21.8 Å². The molecule has 2 rings (SSSR count). The Labute approximate surface area is 204 Å². The molecule has 2 atom stereocenters. The minimum atomic E-state index is -3.84. The molecule has 0 heterocycles. The topological polar surface area (TPSA) is 86.8 Å². The fraction of sp³-hybridized carbons (Fsp3) is 0.462. The van der Waals surface area contributed by atoms with Crippen molar-refractivity contribution in [2.75, 3.05) is 20.1 Å². The fourth-order valence-electron chi connectivity index (χ4n) is 3.59. The van der Waals surface area contributed by atoms with Crippen LogP contribution in [0.2, 0.25) is 0 Å². The van der Waals surface area contributed by atoms with Crippen molar-refractivity contribution < 1.29 is 18.0 Å². The maximum absolute atomic E-state index is 13.4. The van der Waals surface area contributed by atoms with Crippen molar-refractivity contribution in [1.29, 1.82) is 0 Å². The molecule has 2 aromatic rings. The van der Waals surface area contributed by atoms with E-state index < -0.39 is 22.0 Å². The van der Waals surface area contributed by atoms with Gasteiger partial charge in [0.05, 0.1) is 11.4 Å². The number of nitrogens with zero attached hydrogens (tertiary/aromatic N) is 2. The molecular formula is C26H37N3O4S. The number of nitrogens with one attached hydrogen (secondary N) is 1. The predicted octanol–water partition coefficient (Wildman–Crippen LogP) is 3.38. The van der Waals surface area contributed by atoms with Crippen LogP contribution >= 0.6 is 0 Å². The number of aryl methyl sites for hydroxylation is 1. The second-order valence-corrected chi connectivity index (χ2v) is 10.7. The summed E-state index contributed by atoms with van der Waals surface area (Å²) < 4.78 is 27.1. The number of rotatable bonds is 12. The largest absolute Gasteiger partial charge is 0.352 e. The van der Waals surface area contributed by atoms with Gasteiger partial charge in [-0.3, -0.25) is 9.59 Å². The first kappa shape index (κ1) is 27.5. The molecule has 0 saturated heterocycles. The van der Waals surface area contributed by atoms with Crippen molar-refractivity contribution in [2.24, 2.45) is 0 Å². The third kappa shape index (κ3) is 7.40. The molecule has 7 nitrogen and oxygen atoms in total. The van der Waals surface area contributed by atoms with Gasteiger partial charge in [0.25, 0.3) is 0 Å². The van der Waals surface area contributed by atoms with E-state index in [1.165, 1.54) is 24.1 Å². The second-order valence-electron chi connectivity index (χ2n) is 8.64. The quantitative estimate of drug-likeness (QED) is 0.497. The highest BCUT2D eigenvalue weighted by Crippen LogP contribution is 2.16. The summed E-state index contributed by atoms with van der Waals surface area (Å²) in [6.45, 7) is 7.60. The van der Waals surface area contributed by atoms with Crippen LogP contribution in [0, 0.1) is 6.92 Å². The average Bonchev–Trinajstić information content (AvgIpc) is 2.82. The first-order valence-electron chi connectivity index (χ1n) is 11.8. The second kappa shape index (κ2) is 12.7. The lowest BCUT2D eigenvalue weighted by Crippen LogP contribution is -2.53. The summed E-state index contributed by atoms with van der Waals surface area (Å²) in [4.78, 5) is 28.1. The van der Waals surface area contributed by atoms with E-state index in [0.717, 1.165) is 21.9 Å². The van der Waals surface area contributed by atoms with Gasteiger partial charge in [-0.1, -0.05) is 61.9 Å². The lowest BCUT2D eigenvalue weighted by atomic mass is 10.1. The molecule has 0 aliphatic carbocycles. The average molecular weight is 488 g/mol. The molecule has 34 heavy (non-hydrogen) atoms. The molecule has 0 aliphatic rings. The SMILES string of the molecule is CC[C@@H](C)NC(=O)[C@@H](CC)N(CCc1ccccc1)C(=O)CN(C)S(=O)(=O)c1ccc(C)cc1. The lowest BCUT2D eigenvalue weighted by molar-refractivity contribution is -0.141. The third-order valence-corrected chi connectivity index (χ3v) is 7.78. The molecule has 0 saturated carbocycles. The van der Waals surface area contributed by atoms with Crippen LogP contribution < -0.4 is 5.32 Å². The predicted molar refractivity (Wildman–Crippen MR) is 135 cm³/mol. The standard InChI is InChI=1S/C26H37N3O4S/c1-6-21(4)27-26(31)24(7-2)29(18-17-22-11-9-8-10-12-22)25(30)19-28(5)34(32,33)23-15-13-20(3)14-16-23/h8-16,21,24H,6-7,17-19H2,1-5H3,(H,27,31)/t21-,24-/m1/s1. The zero-order valence-corrected chi connectivity index (χ0v) is 21.6. The van der Waals surface area contributed by atoms with Crippen LogP contribution in [0.15, 0.2) is 59.5 Å². The lowest BCUT2D eigenvalue weighted by Gasteiger charge is -2.32. The monoisotopic (exact) mass is 487 g/mol. The number of hydrogen-bond acceptors (Lipinski definition) is 4. The van der Waals surface area contributed by atoms with E-state index in [2.05, 4.69) is 5.32 Å². The van der Waals surface area contributed by atoms with Crippen LogP contribution in [0.3, 0.4) is 0 Å². The molecule has 2 amide bonds. The van der Waals surface area contributed by atoms with Gasteiger partial charge in [-0.05, 0) is 50.8 Å². The van der Waals surface area contributed by atoms with Gasteiger partial charge in [0.2, 0.25) is 21.8 Å². The van der Waals surface area contributed by atoms with E-state index in [0.29, 0.717) is 19.4 Å². The first-order chi connectivity index (χ1) is 16.1. The highest BCUT2D eigenvalue weighted by atomic mass is 32.2. The summed E-state index contributed by atoms with van der Waals surface area (Å²) in [5, 5.41) is 2.96. The van der Waals surface area contributed by atoms with Gasteiger partial charge >= 0.3 is 0 Å². The van der Waals surface area contributed by atoms with Gasteiger partial charge in [-0.2, -0.15) is 4.31 Å². The van der Waals surface area contributed by atoms with E-state index in [4.69, 9.17) is 0 Å². The Morgan fingerprint density at radius 2 is 1.59 bits per heavy atom. The van der Waals surface area contributed by atoms with Crippen molar-refractivity contribution in [1.82, 2.24) is 14.5 Å². The number of carbonyl (C=O) groups excluding carboxylic acids is 2. The summed E-state index contributed by atoms with van der Waals surface area (Å²) in [5.41, 5.74) is 1.99. The van der Waals surface area contributed by atoms with Crippen molar-refractivity contribution in [3.05, 3.63) is 65.7 Å². The molecule has 0 unspecified atom stereocenters. The Balaban J connectivity index is 2.25. The number of carbonyl (C=O) groups is 2. The molecule has 0 aromatic heterocycles. The van der Waals surface area contributed by atoms with Crippen molar-refractivity contribution in [3.8, 4) is 0 Å². The zero-order chi connectivity index (χ0) is 25.3. The van der Waals surface area contributed by atoms with Crippen molar-refractivity contribution in [2.45, 2.75) is 63.9 Å². The van der Waals surface area contributed by atoms with E-state index in [9.17, 15) is 18.0 Å². The van der Waals surface area contributed by atoms with Crippen LogP contribution in [0.1, 0.15) is 44.7 Å². The number of sulfonamides is 1. The number of amides is 2. The Morgan fingerprint density at radius 1 is 0.971 bits per heavy atom. The Morgan fingerprint density at radius 3 is 2.15 bits per heavy atom. The van der Waals surface area contributed by atoms with Gasteiger partial charge in [0.1, 0.15) is 6.04 Å². The van der Waals surface area contributed by atoms with Crippen molar-refractivity contribution in [3.63, 3.8) is 0 Å². The normalized spacial score (nSPS) is 13.4. The third-order valence-electron chi connectivity index (χ3n) is 5.96. The molecule has 0 spiro atoms. The summed E-state index contributed by atoms with van der Waals surface area (Å²) in [7, 11) is -2.45. The maximum Gasteiger partial charge on any atom is 0.243 e. The number of benzene rings is 2. The van der Waals surface area contributed by atoms with Gasteiger partial charge < -0.3 is 10.2 Å². The smallest absolute Gasteiger partial charge is 0.243 e. The molecule has 0 bridgehead atoms. The van der Waals surface area contributed by atoms with E-state index in [1.54, 1.807) is 12.1 Å². The summed E-state index contributed by atoms with van der Waals surface area (Å²) in [5.74, 6) is -0.623. The maximum atomic E-state index is 13.4. The molecule has 2 aromatic carbocycles. The zero-order valence-electron chi connectivity index (χ0n) is 20.8. The Hall–Kier alpha value is -2.71. The summed E-state index contributed by atoms with van der Waals surface area (Å²) in [6.07, 6.45) is 1.77. The van der Waals surface area contributed by atoms with Gasteiger partial charge in [0, 0.05) is 19.6 Å². The summed E-state index contributed by atoms with van der Waals surface area (Å²) in [6, 6.07) is 15.5.